The topological polar surface area (TPSA) is 0 Å². The molecule has 0 nitrogen and oxygen atoms in total. The summed E-state index contributed by atoms with van der Waals surface area (Å²) in [6, 6.07) is 0. The average Bonchev–Trinajstić information content (AvgIpc) is 2.56. The van der Waals surface area contributed by atoms with Crippen LogP contribution >= 0.6 is 0 Å². The molecule has 0 saturated carbocycles. The Bertz CT molecular complexity index is 156. The molecule has 0 aromatic rings. The summed E-state index contributed by atoms with van der Waals surface area (Å²) in [7, 11) is 0. The summed E-state index contributed by atoms with van der Waals surface area (Å²) in [5, 5.41) is 0. The van der Waals surface area contributed by atoms with Gasteiger partial charge in [0.05, 0.1) is 0 Å². The first-order valence-corrected chi connectivity index (χ1v) is 16.4. The fourth-order valence-electron chi connectivity index (χ4n) is 3.60. The molecule has 0 aliphatic carbocycles. The second-order valence-corrected chi connectivity index (χ2v) is 20.6. The van der Waals surface area contributed by atoms with Gasteiger partial charge in [-0.25, -0.2) is 0 Å². The molecule has 1 saturated heterocycles. The summed E-state index contributed by atoms with van der Waals surface area (Å²) in [6.07, 6.45) is 15.3. The molecule has 1 aliphatic rings. The van der Waals surface area contributed by atoms with Gasteiger partial charge in [0.25, 0.3) is 0 Å². The Labute approximate surface area is 114 Å². The van der Waals surface area contributed by atoms with Crippen LogP contribution in [0.15, 0.2) is 0 Å². The van der Waals surface area contributed by atoms with Crippen molar-refractivity contribution >= 4 is 18.4 Å². The zero-order valence-electron chi connectivity index (χ0n) is 12.4. The van der Waals surface area contributed by atoms with E-state index >= 15 is 0 Å². The van der Waals surface area contributed by atoms with Gasteiger partial charge in [-0.2, -0.15) is 0 Å². The quantitative estimate of drug-likeness (QED) is 0.353. The van der Waals surface area contributed by atoms with Crippen molar-refractivity contribution in [3.05, 3.63) is 0 Å². The molecule has 0 amide bonds. The molecule has 102 valence electrons. The first-order valence-electron chi connectivity index (χ1n) is 8.33. The molecule has 0 unspecified atom stereocenters. The SMILES string of the molecule is CCCC[CH2][Sn]1([CH2]CCCC)[CH2]CCCC[CH2]1. The monoisotopic (exact) mass is 346 g/mol. The van der Waals surface area contributed by atoms with Gasteiger partial charge in [-0.3, -0.25) is 0 Å². The van der Waals surface area contributed by atoms with Crippen LogP contribution in [-0.4, -0.2) is 18.4 Å². The molecule has 1 rings (SSSR count). The molecular weight excluding hydrogens is 311 g/mol. The van der Waals surface area contributed by atoms with Gasteiger partial charge in [0.15, 0.2) is 0 Å². The first kappa shape index (κ1) is 15.9. The van der Waals surface area contributed by atoms with E-state index in [1.807, 2.05) is 0 Å². The van der Waals surface area contributed by atoms with E-state index < -0.39 is 18.4 Å². The summed E-state index contributed by atoms with van der Waals surface area (Å²) in [5.74, 6) is 0. The van der Waals surface area contributed by atoms with Gasteiger partial charge >= 0.3 is 114 Å². The predicted octanol–water partition coefficient (Wildman–Crippen LogP) is 6.39. The fraction of sp³-hybridized carbons (Fsp3) is 1.00. The zero-order chi connectivity index (χ0) is 12.4. The summed E-state index contributed by atoms with van der Waals surface area (Å²) >= 11 is -1.61. The van der Waals surface area contributed by atoms with Crippen molar-refractivity contribution in [2.24, 2.45) is 0 Å². The number of rotatable bonds is 8. The van der Waals surface area contributed by atoms with E-state index in [1.165, 1.54) is 25.7 Å². The van der Waals surface area contributed by atoms with Crippen molar-refractivity contribution in [3.63, 3.8) is 0 Å². The summed E-state index contributed by atoms with van der Waals surface area (Å²) < 4.78 is 6.99. The summed E-state index contributed by atoms with van der Waals surface area (Å²) in [5.41, 5.74) is 0. The number of hydrogen-bond donors (Lipinski definition) is 0. The Morgan fingerprint density at radius 2 is 1.12 bits per heavy atom. The summed E-state index contributed by atoms with van der Waals surface area (Å²) in [4.78, 5) is 0. The van der Waals surface area contributed by atoms with Crippen molar-refractivity contribution in [1.29, 1.82) is 0 Å². The Balaban J connectivity index is 2.41. The minimum atomic E-state index is -1.61. The predicted molar refractivity (Wildman–Crippen MR) is 82.5 cm³/mol. The Morgan fingerprint density at radius 1 is 0.647 bits per heavy atom. The van der Waals surface area contributed by atoms with E-state index in [-0.39, 0.29) is 0 Å². The van der Waals surface area contributed by atoms with Crippen LogP contribution in [0.4, 0.5) is 0 Å². The van der Waals surface area contributed by atoms with Crippen molar-refractivity contribution in [2.75, 3.05) is 0 Å². The van der Waals surface area contributed by atoms with E-state index in [0.717, 1.165) is 0 Å². The van der Waals surface area contributed by atoms with Gasteiger partial charge in [0.1, 0.15) is 0 Å². The Kier molecular flexibility index (Phi) is 9.04. The van der Waals surface area contributed by atoms with Crippen LogP contribution in [-0.2, 0) is 0 Å². The third kappa shape index (κ3) is 6.50. The van der Waals surface area contributed by atoms with Gasteiger partial charge in [-0.05, 0) is 0 Å². The normalized spacial score (nSPS) is 20.1. The summed E-state index contributed by atoms with van der Waals surface area (Å²) in [6.45, 7) is 4.71. The second-order valence-electron chi connectivity index (χ2n) is 6.33. The third-order valence-electron chi connectivity index (χ3n) is 4.79. The van der Waals surface area contributed by atoms with E-state index in [1.54, 1.807) is 56.3 Å². The molecule has 0 N–H and O–H groups in total. The zero-order valence-corrected chi connectivity index (χ0v) is 15.3. The van der Waals surface area contributed by atoms with Crippen molar-refractivity contribution in [2.45, 2.75) is 95.8 Å². The first-order chi connectivity index (χ1) is 8.33. The van der Waals surface area contributed by atoms with Gasteiger partial charge in [-0.1, -0.05) is 0 Å². The second kappa shape index (κ2) is 9.69. The van der Waals surface area contributed by atoms with Crippen LogP contribution in [0.1, 0.15) is 78.1 Å². The van der Waals surface area contributed by atoms with Crippen LogP contribution in [0.3, 0.4) is 0 Å². The fourth-order valence-corrected chi connectivity index (χ4v) is 19.3. The molecule has 0 radical (unpaired) electrons. The van der Waals surface area contributed by atoms with Gasteiger partial charge in [0, 0.05) is 0 Å². The number of hydrogen-bond acceptors (Lipinski definition) is 0. The van der Waals surface area contributed by atoms with E-state index in [0.29, 0.717) is 0 Å². The van der Waals surface area contributed by atoms with E-state index in [9.17, 15) is 0 Å². The molecule has 0 aromatic carbocycles. The van der Waals surface area contributed by atoms with Crippen LogP contribution in [0.2, 0.25) is 17.7 Å². The molecular formula is C16H34Sn. The standard InChI is InChI=1S/C6H12.2C5H11.Sn/c1-3-5-6-4-2;2*1-3-5-4-2;/h1-6H2;2*1,3-5H2,2H3;. The van der Waals surface area contributed by atoms with Crippen LogP contribution in [0.25, 0.3) is 0 Å². The molecule has 0 spiro atoms. The van der Waals surface area contributed by atoms with E-state index in [4.69, 9.17) is 0 Å². The molecule has 0 atom stereocenters. The van der Waals surface area contributed by atoms with Crippen LogP contribution in [0, 0.1) is 0 Å². The molecule has 1 aliphatic heterocycles. The Morgan fingerprint density at radius 3 is 1.53 bits per heavy atom. The molecule has 1 heterocycles. The molecule has 1 heteroatoms. The van der Waals surface area contributed by atoms with E-state index in [2.05, 4.69) is 13.8 Å². The number of unbranched alkanes of at least 4 members (excludes halogenated alkanes) is 4. The maximum absolute atomic E-state index is 2.35. The maximum atomic E-state index is 2.35. The van der Waals surface area contributed by atoms with Gasteiger partial charge < -0.3 is 0 Å². The Hall–Kier alpha value is 0.799. The van der Waals surface area contributed by atoms with Crippen molar-refractivity contribution in [1.82, 2.24) is 0 Å². The van der Waals surface area contributed by atoms with Crippen molar-refractivity contribution in [3.8, 4) is 0 Å². The average molecular weight is 345 g/mol. The molecule has 1 fully saturated rings. The molecule has 0 aromatic heterocycles. The minimum absolute atomic E-state index is 1.41. The molecule has 17 heavy (non-hydrogen) atoms. The van der Waals surface area contributed by atoms with Crippen molar-refractivity contribution < 1.29 is 0 Å². The van der Waals surface area contributed by atoms with Gasteiger partial charge in [-0.15, -0.1) is 0 Å². The van der Waals surface area contributed by atoms with Crippen LogP contribution in [0.5, 0.6) is 0 Å². The molecule has 0 bridgehead atoms. The van der Waals surface area contributed by atoms with Gasteiger partial charge in [0.2, 0.25) is 0 Å². The third-order valence-corrected chi connectivity index (χ3v) is 20.9. The van der Waals surface area contributed by atoms with Crippen LogP contribution < -0.4 is 0 Å².